The van der Waals surface area contributed by atoms with Crippen LogP contribution in [0, 0.1) is 0 Å². The number of aryl methyl sites for hydroxylation is 2. The van der Waals surface area contributed by atoms with Crippen molar-refractivity contribution in [2.45, 2.75) is 32.1 Å². The third-order valence-electron chi connectivity index (χ3n) is 5.07. The van der Waals surface area contributed by atoms with Gasteiger partial charge in [0, 0.05) is 42.9 Å². The van der Waals surface area contributed by atoms with Crippen LogP contribution in [0.3, 0.4) is 0 Å². The van der Waals surface area contributed by atoms with Gasteiger partial charge in [-0.1, -0.05) is 6.42 Å². The molecular weight excluding hydrogens is 324 g/mol. The molecule has 2 aromatic rings. The molecule has 2 aliphatic rings. The van der Waals surface area contributed by atoms with Gasteiger partial charge in [0.2, 0.25) is 0 Å². The van der Waals surface area contributed by atoms with E-state index < -0.39 is 0 Å². The first-order chi connectivity index (χ1) is 11.6. The van der Waals surface area contributed by atoms with Gasteiger partial charge in [-0.05, 0) is 32.7 Å². The van der Waals surface area contributed by atoms with Gasteiger partial charge >= 0.3 is 0 Å². The molecule has 0 spiro atoms. The van der Waals surface area contributed by atoms with Gasteiger partial charge in [0.15, 0.2) is 4.96 Å². The van der Waals surface area contributed by atoms with Gasteiger partial charge in [0.05, 0.1) is 0 Å². The van der Waals surface area contributed by atoms with Crippen molar-refractivity contribution in [1.29, 1.82) is 0 Å². The van der Waals surface area contributed by atoms with E-state index in [-0.39, 0.29) is 17.0 Å². The summed E-state index contributed by atoms with van der Waals surface area (Å²) >= 11 is 1.60. The number of amides is 1. The molecule has 3 heterocycles. The molecular formula is C17H22N4O2S. The van der Waals surface area contributed by atoms with Crippen molar-refractivity contribution in [2.24, 2.45) is 0 Å². The van der Waals surface area contributed by atoms with E-state index in [9.17, 15) is 9.59 Å². The van der Waals surface area contributed by atoms with Crippen LogP contribution in [0.2, 0.25) is 0 Å². The first-order valence-electron chi connectivity index (χ1n) is 8.65. The predicted molar refractivity (Wildman–Crippen MR) is 94.0 cm³/mol. The minimum absolute atomic E-state index is 0.177. The Kier molecular flexibility index (Phi) is 4.14. The van der Waals surface area contributed by atoms with E-state index in [0.717, 1.165) is 43.0 Å². The van der Waals surface area contributed by atoms with Crippen LogP contribution < -0.4 is 5.56 Å². The summed E-state index contributed by atoms with van der Waals surface area (Å²) in [5, 5.41) is 0. The van der Waals surface area contributed by atoms with E-state index in [1.165, 1.54) is 23.9 Å². The number of rotatable bonds is 1. The molecule has 0 unspecified atom stereocenters. The predicted octanol–water partition coefficient (Wildman–Crippen LogP) is 1.41. The molecule has 1 amide bonds. The lowest BCUT2D eigenvalue weighted by molar-refractivity contribution is 0.0661. The molecule has 24 heavy (non-hydrogen) atoms. The topological polar surface area (TPSA) is 57.9 Å². The highest BCUT2D eigenvalue weighted by molar-refractivity contribution is 7.17. The van der Waals surface area contributed by atoms with Crippen molar-refractivity contribution < 1.29 is 4.79 Å². The Labute approximate surface area is 144 Å². The Bertz CT molecular complexity index is 833. The van der Waals surface area contributed by atoms with Crippen molar-refractivity contribution in [3.8, 4) is 0 Å². The van der Waals surface area contributed by atoms with Crippen LogP contribution in [0.4, 0.5) is 0 Å². The van der Waals surface area contributed by atoms with E-state index in [1.54, 1.807) is 20.6 Å². The molecule has 6 nitrogen and oxygen atoms in total. The van der Waals surface area contributed by atoms with Gasteiger partial charge < -0.3 is 9.80 Å². The summed E-state index contributed by atoms with van der Waals surface area (Å²) < 4.78 is 1.70. The molecule has 7 heteroatoms. The SMILES string of the molecule is CN1CCN(C(=O)c2cnc3sc4c(n3c2=O)CCCCC4)CC1. The largest absolute Gasteiger partial charge is 0.336 e. The molecule has 0 bridgehead atoms. The number of carbonyl (C=O) groups is 1. The second-order valence-electron chi connectivity index (χ2n) is 6.72. The minimum atomic E-state index is -0.191. The van der Waals surface area contributed by atoms with Gasteiger partial charge in [-0.25, -0.2) is 4.98 Å². The maximum Gasteiger partial charge on any atom is 0.271 e. The number of likely N-dealkylation sites (N-methyl/N-ethyl adjacent to an activating group) is 1. The lowest BCUT2D eigenvalue weighted by Crippen LogP contribution is -2.48. The summed E-state index contributed by atoms with van der Waals surface area (Å²) in [7, 11) is 2.05. The highest BCUT2D eigenvalue weighted by Gasteiger charge is 2.25. The molecule has 0 saturated carbocycles. The van der Waals surface area contributed by atoms with Gasteiger partial charge in [-0.15, -0.1) is 11.3 Å². The van der Waals surface area contributed by atoms with Crippen LogP contribution in [0.1, 0.15) is 40.2 Å². The summed E-state index contributed by atoms with van der Waals surface area (Å²) in [6, 6.07) is 0. The average Bonchev–Trinajstić information content (AvgIpc) is 2.78. The molecule has 2 aromatic heterocycles. The van der Waals surface area contributed by atoms with Gasteiger partial charge in [0.25, 0.3) is 11.5 Å². The molecule has 128 valence electrons. The van der Waals surface area contributed by atoms with Crippen LogP contribution >= 0.6 is 11.3 Å². The summed E-state index contributed by atoms with van der Waals surface area (Å²) in [6.07, 6.45) is 6.87. The number of aromatic nitrogens is 2. The molecule has 4 rings (SSSR count). The summed E-state index contributed by atoms with van der Waals surface area (Å²) in [5.74, 6) is -0.177. The van der Waals surface area contributed by atoms with E-state index in [2.05, 4.69) is 9.88 Å². The number of hydrogen-bond acceptors (Lipinski definition) is 5. The van der Waals surface area contributed by atoms with Crippen molar-refractivity contribution >= 4 is 22.2 Å². The molecule has 0 radical (unpaired) electrons. The first kappa shape index (κ1) is 15.8. The normalized spacial score (nSPS) is 19.3. The summed E-state index contributed by atoms with van der Waals surface area (Å²) in [5.41, 5.74) is 1.10. The molecule has 1 saturated heterocycles. The Hall–Kier alpha value is -1.73. The third-order valence-corrected chi connectivity index (χ3v) is 6.23. The smallest absolute Gasteiger partial charge is 0.271 e. The number of carbonyl (C=O) groups excluding carboxylic acids is 1. The van der Waals surface area contributed by atoms with Gasteiger partial charge in [-0.2, -0.15) is 0 Å². The number of fused-ring (bicyclic) bond motifs is 3. The van der Waals surface area contributed by atoms with Gasteiger partial charge in [-0.3, -0.25) is 14.0 Å². The Balaban J connectivity index is 1.74. The zero-order chi connectivity index (χ0) is 16.7. The maximum atomic E-state index is 13.0. The third kappa shape index (κ3) is 2.65. The fraction of sp³-hybridized carbons (Fsp3) is 0.588. The average molecular weight is 346 g/mol. The van der Waals surface area contributed by atoms with Crippen molar-refractivity contribution in [3.63, 3.8) is 0 Å². The molecule has 0 atom stereocenters. The Morgan fingerprint density at radius 2 is 1.88 bits per heavy atom. The van der Waals surface area contributed by atoms with Crippen LogP contribution in [-0.2, 0) is 12.8 Å². The van der Waals surface area contributed by atoms with E-state index >= 15 is 0 Å². The molecule has 0 aromatic carbocycles. The Morgan fingerprint density at radius 3 is 2.67 bits per heavy atom. The zero-order valence-corrected chi connectivity index (χ0v) is 14.8. The number of piperazine rings is 1. The number of nitrogens with zero attached hydrogens (tertiary/aromatic N) is 4. The molecule has 0 N–H and O–H groups in total. The van der Waals surface area contributed by atoms with Crippen LogP contribution in [-0.4, -0.2) is 58.3 Å². The lowest BCUT2D eigenvalue weighted by Gasteiger charge is -2.32. The second-order valence-corrected chi connectivity index (χ2v) is 7.79. The number of hydrogen-bond donors (Lipinski definition) is 0. The van der Waals surface area contributed by atoms with Crippen molar-refractivity contribution in [3.05, 3.63) is 32.7 Å². The van der Waals surface area contributed by atoms with E-state index in [0.29, 0.717) is 13.1 Å². The lowest BCUT2D eigenvalue weighted by atomic mass is 10.2. The zero-order valence-electron chi connectivity index (χ0n) is 14.0. The van der Waals surface area contributed by atoms with Crippen LogP contribution in [0.25, 0.3) is 4.96 Å². The monoisotopic (exact) mass is 346 g/mol. The van der Waals surface area contributed by atoms with E-state index in [1.807, 2.05) is 7.05 Å². The molecule has 1 fully saturated rings. The highest BCUT2D eigenvalue weighted by Crippen LogP contribution is 2.27. The number of thiazole rings is 1. The Morgan fingerprint density at radius 1 is 1.12 bits per heavy atom. The van der Waals surface area contributed by atoms with Crippen LogP contribution in [0.15, 0.2) is 11.0 Å². The maximum absolute atomic E-state index is 13.0. The molecule has 1 aliphatic heterocycles. The van der Waals surface area contributed by atoms with Gasteiger partial charge in [0.1, 0.15) is 5.56 Å². The first-order valence-corrected chi connectivity index (χ1v) is 9.47. The summed E-state index contributed by atoms with van der Waals surface area (Å²) in [4.78, 5) is 36.2. The fourth-order valence-corrected chi connectivity index (χ4v) is 4.74. The fourth-order valence-electron chi connectivity index (χ4n) is 3.57. The van der Waals surface area contributed by atoms with Crippen molar-refractivity contribution in [1.82, 2.24) is 19.2 Å². The van der Waals surface area contributed by atoms with E-state index in [4.69, 9.17) is 0 Å². The summed E-state index contributed by atoms with van der Waals surface area (Å²) in [6.45, 7) is 3.02. The van der Waals surface area contributed by atoms with Crippen LogP contribution in [0.5, 0.6) is 0 Å². The standard InChI is InChI=1S/C17H22N4O2S/c1-19-7-9-20(10-8-19)15(22)12-11-18-17-21(16(12)23)13-5-3-2-4-6-14(13)24-17/h11H,2-10H2,1H3. The molecule has 1 aliphatic carbocycles. The second kappa shape index (κ2) is 6.29. The van der Waals surface area contributed by atoms with Crippen molar-refractivity contribution in [2.75, 3.05) is 33.2 Å². The quantitative estimate of drug-likeness (QED) is 0.733. The minimum Gasteiger partial charge on any atom is -0.336 e. The highest BCUT2D eigenvalue weighted by atomic mass is 32.1.